The van der Waals surface area contributed by atoms with E-state index in [0.29, 0.717) is 19.0 Å². The molecular weight excluding hydrogens is 366 g/mol. The van der Waals surface area contributed by atoms with E-state index in [1.165, 1.54) is 19.3 Å². The molecule has 5 atom stereocenters. The number of hydrogen-bond acceptors (Lipinski definition) is 5. The Morgan fingerprint density at radius 2 is 2.03 bits per heavy atom. The summed E-state index contributed by atoms with van der Waals surface area (Å²) in [6.45, 7) is 6.00. The summed E-state index contributed by atoms with van der Waals surface area (Å²) in [5, 5.41) is 3.46. The number of nitrogens with one attached hydrogen (secondary N) is 1. The van der Waals surface area contributed by atoms with Crippen molar-refractivity contribution in [2.75, 3.05) is 20.8 Å². The molecule has 0 spiro atoms. The lowest BCUT2D eigenvalue weighted by atomic mass is 9.59. The van der Waals surface area contributed by atoms with Crippen molar-refractivity contribution >= 4 is 5.97 Å². The molecule has 3 aliphatic rings. The molecule has 1 N–H and O–H groups in total. The monoisotopic (exact) mass is 399 g/mol. The Hall–Kier alpha value is -2.01. The molecule has 0 aromatic heterocycles. The summed E-state index contributed by atoms with van der Waals surface area (Å²) in [5.74, 6) is 2.10. The molecule has 1 saturated carbocycles. The smallest absolute Gasteiger partial charge is 0.311 e. The maximum absolute atomic E-state index is 12.6. The molecule has 1 aromatic carbocycles. The number of methoxy groups -OCH3 is 2. The maximum atomic E-state index is 12.6. The molecular formula is C24H33NO4. The van der Waals surface area contributed by atoms with Crippen LogP contribution in [0.4, 0.5) is 0 Å². The van der Waals surface area contributed by atoms with E-state index < -0.39 is 0 Å². The summed E-state index contributed by atoms with van der Waals surface area (Å²) >= 11 is 0. The molecule has 0 amide bonds. The van der Waals surface area contributed by atoms with Gasteiger partial charge in [0.15, 0.2) is 11.5 Å². The normalized spacial score (nSPS) is 33.4. The average Bonchev–Trinajstić information content (AvgIpc) is 3.00. The molecule has 5 heteroatoms. The Balaban J connectivity index is 1.44. The van der Waals surface area contributed by atoms with E-state index in [4.69, 9.17) is 14.2 Å². The van der Waals surface area contributed by atoms with E-state index in [0.717, 1.165) is 23.5 Å². The first kappa shape index (κ1) is 20.3. The van der Waals surface area contributed by atoms with Gasteiger partial charge >= 0.3 is 5.97 Å². The fourth-order valence-corrected chi connectivity index (χ4v) is 5.64. The van der Waals surface area contributed by atoms with Gasteiger partial charge < -0.3 is 19.5 Å². The molecule has 1 saturated heterocycles. The topological polar surface area (TPSA) is 56.8 Å². The summed E-state index contributed by atoms with van der Waals surface area (Å²) in [6, 6.07) is 5.90. The summed E-state index contributed by atoms with van der Waals surface area (Å²) < 4.78 is 16.5. The summed E-state index contributed by atoms with van der Waals surface area (Å²) in [5.41, 5.74) is 2.87. The van der Waals surface area contributed by atoms with Crippen molar-refractivity contribution in [2.45, 2.75) is 52.2 Å². The van der Waals surface area contributed by atoms with Gasteiger partial charge in [0.2, 0.25) is 0 Å². The Kier molecular flexibility index (Phi) is 5.60. The Morgan fingerprint density at radius 3 is 2.79 bits per heavy atom. The van der Waals surface area contributed by atoms with Gasteiger partial charge in [0.25, 0.3) is 0 Å². The zero-order valence-electron chi connectivity index (χ0n) is 18.0. The number of rotatable bonds is 6. The molecule has 1 aromatic rings. The van der Waals surface area contributed by atoms with Crippen molar-refractivity contribution in [2.24, 2.45) is 23.2 Å². The highest BCUT2D eigenvalue weighted by atomic mass is 16.6. The standard InChI is InChI=1S/C24H33NO4/c1-15-6-5-9-24(2)12-22-17(11-19(15)24)18(23(26)29-22)14-25-13-16-7-8-20(27-3)21(10-16)28-4/h7-8,10-11,15,17-18,22,25H,5-6,9,12-14H2,1-4H3/t15-,17+,18+,22+,24+/m0/s1. The van der Waals surface area contributed by atoms with Crippen LogP contribution in [0.1, 0.15) is 45.1 Å². The first-order valence-corrected chi connectivity index (χ1v) is 10.8. The van der Waals surface area contributed by atoms with Gasteiger partial charge in [0.1, 0.15) is 6.10 Å². The predicted octanol–water partition coefficient (Wildman–Crippen LogP) is 4.11. The Labute approximate surface area is 173 Å². The van der Waals surface area contributed by atoms with Crippen LogP contribution < -0.4 is 14.8 Å². The van der Waals surface area contributed by atoms with Crippen molar-refractivity contribution in [3.05, 3.63) is 35.4 Å². The van der Waals surface area contributed by atoms with Crippen LogP contribution in [0.2, 0.25) is 0 Å². The molecule has 0 radical (unpaired) electrons. The molecule has 5 nitrogen and oxygen atoms in total. The van der Waals surface area contributed by atoms with Crippen LogP contribution in [0, 0.1) is 23.2 Å². The summed E-state index contributed by atoms with van der Waals surface area (Å²) in [7, 11) is 3.27. The zero-order chi connectivity index (χ0) is 20.6. The lowest BCUT2D eigenvalue weighted by Gasteiger charge is -2.46. The van der Waals surface area contributed by atoms with Crippen LogP contribution >= 0.6 is 0 Å². The first-order chi connectivity index (χ1) is 13.9. The second-order valence-corrected chi connectivity index (χ2v) is 9.16. The summed E-state index contributed by atoms with van der Waals surface area (Å²) in [6.07, 6.45) is 7.17. The van der Waals surface area contributed by atoms with Gasteiger partial charge in [-0.3, -0.25) is 4.79 Å². The number of esters is 1. The van der Waals surface area contributed by atoms with E-state index in [1.54, 1.807) is 19.8 Å². The van der Waals surface area contributed by atoms with Crippen LogP contribution in [-0.2, 0) is 16.1 Å². The third-order valence-electron chi connectivity index (χ3n) is 7.22. The molecule has 29 heavy (non-hydrogen) atoms. The molecule has 1 aliphatic heterocycles. The minimum atomic E-state index is -0.105. The Morgan fingerprint density at radius 1 is 1.24 bits per heavy atom. The number of fused-ring (bicyclic) bond motifs is 2. The van der Waals surface area contributed by atoms with Gasteiger partial charge in [-0.25, -0.2) is 0 Å². The van der Waals surface area contributed by atoms with Crippen molar-refractivity contribution in [3.63, 3.8) is 0 Å². The largest absolute Gasteiger partial charge is 0.493 e. The van der Waals surface area contributed by atoms with E-state index in [2.05, 4.69) is 25.2 Å². The van der Waals surface area contributed by atoms with Crippen molar-refractivity contribution in [1.29, 1.82) is 0 Å². The van der Waals surface area contributed by atoms with Gasteiger partial charge in [-0.15, -0.1) is 0 Å². The highest BCUT2D eigenvalue weighted by Gasteiger charge is 2.51. The molecule has 2 aliphatic carbocycles. The van der Waals surface area contributed by atoms with Crippen LogP contribution in [0.15, 0.2) is 29.8 Å². The van der Waals surface area contributed by atoms with Crippen LogP contribution in [-0.4, -0.2) is 32.8 Å². The van der Waals surface area contributed by atoms with Crippen molar-refractivity contribution in [3.8, 4) is 11.5 Å². The minimum Gasteiger partial charge on any atom is -0.493 e. The first-order valence-electron chi connectivity index (χ1n) is 10.8. The number of hydrogen-bond donors (Lipinski definition) is 1. The van der Waals surface area contributed by atoms with Crippen LogP contribution in [0.3, 0.4) is 0 Å². The fraction of sp³-hybridized carbons (Fsp3) is 0.625. The third kappa shape index (κ3) is 3.77. The number of benzene rings is 1. The van der Waals surface area contributed by atoms with Crippen molar-refractivity contribution in [1.82, 2.24) is 5.32 Å². The van der Waals surface area contributed by atoms with Gasteiger partial charge in [0.05, 0.1) is 20.1 Å². The molecule has 2 fully saturated rings. The van der Waals surface area contributed by atoms with Gasteiger partial charge in [-0.05, 0) is 48.3 Å². The molecule has 0 bridgehead atoms. The number of ether oxygens (including phenoxy) is 3. The average molecular weight is 400 g/mol. The second-order valence-electron chi connectivity index (χ2n) is 9.16. The minimum absolute atomic E-state index is 0.0365. The maximum Gasteiger partial charge on any atom is 0.311 e. The van der Waals surface area contributed by atoms with E-state index >= 15 is 0 Å². The summed E-state index contributed by atoms with van der Waals surface area (Å²) in [4.78, 5) is 12.6. The SMILES string of the molecule is COc1ccc(CNC[C@H]2C(=O)O[C@@H]3C[C@@]4(C)CCC[C@H](C)C4=C[C@@H]32)cc1OC. The second kappa shape index (κ2) is 8.02. The van der Waals surface area contributed by atoms with Gasteiger partial charge in [-0.1, -0.05) is 38.0 Å². The zero-order valence-corrected chi connectivity index (χ0v) is 18.0. The molecule has 1 heterocycles. The molecule has 0 unspecified atom stereocenters. The van der Waals surface area contributed by atoms with Crippen LogP contribution in [0.5, 0.6) is 11.5 Å². The molecule has 158 valence electrons. The number of allylic oxidation sites excluding steroid dienone is 1. The molecule has 4 rings (SSSR count). The lowest BCUT2D eigenvalue weighted by Crippen LogP contribution is -2.40. The van der Waals surface area contributed by atoms with Crippen molar-refractivity contribution < 1.29 is 19.0 Å². The van der Waals surface area contributed by atoms with E-state index in [9.17, 15) is 4.79 Å². The number of carbonyl (C=O) groups is 1. The highest BCUT2D eigenvalue weighted by molar-refractivity contribution is 5.76. The van der Waals surface area contributed by atoms with Crippen LogP contribution in [0.25, 0.3) is 0 Å². The number of carbonyl (C=O) groups excluding carboxylic acids is 1. The predicted molar refractivity (Wildman–Crippen MR) is 112 cm³/mol. The van der Waals surface area contributed by atoms with Gasteiger partial charge in [-0.2, -0.15) is 0 Å². The third-order valence-corrected chi connectivity index (χ3v) is 7.22. The quantitative estimate of drug-likeness (QED) is 0.576. The van der Waals surface area contributed by atoms with E-state index in [1.807, 2.05) is 18.2 Å². The lowest BCUT2D eigenvalue weighted by molar-refractivity contribution is -0.145. The van der Waals surface area contributed by atoms with Gasteiger partial charge in [0, 0.05) is 19.0 Å². The Bertz CT molecular complexity index is 804. The highest BCUT2D eigenvalue weighted by Crippen LogP contribution is 2.53. The van der Waals surface area contributed by atoms with E-state index in [-0.39, 0.29) is 29.3 Å². The fourth-order valence-electron chi connectivity index (χ4n) is 5.64.